The summed E-state index contributed by atoms with van der Waals surface area (Å²) in [5, 5.41) is 6.13. The molecule has 13 heteroatoms. The van der Waals surface area contributed by atoms with E-state index in [1.54, 1.807) is 0 Å². The molecule has 186 valence electrons. The second kappa shape index (κ2) is 9.02. The van der Waals surface area contributed by atoms with Crippen LogP contribution in [0.25, 0.3) is 11.2 Å². The monoisotopic (exact) mass is 527 g/mol. The molecule has 0 aliphatic heterocycles. The number of aromatic nitrogens is 4. The Morgan fingerprint density at radius 3 is 2.49 bits per heavy atom. The first-order chi connectivity index (χ1) is 16.6. The highest BCUT2D eigenvalue weighted by Gasteiger charge is 2.45. The number of imidazole rings is 1. The van der Waals surface area contributed by atoms with E-state index in [1.807, 2.05) is 4.57 Å². The SMILES string of the molecule is NC(=O)[C@H]1CC[C@@H](n2c(Nc3c(F)cc(Cl)cc3Cl)nc3cnc(NC4CC(F)(F)C4)nc32)CC1. The lowest BCUT2D eigenvalue weighted by atomic mass is 9.85. The third kappa shape index (κ3) is 4.84. The average Bonchev–Trinajstić information content (AvgIpc) is 3.12. The zero-order valence-corrected chi connectivity index (χ0v) is 19.9. The zero-order valence-electron chi connectivity index (χ0n) is 18.4. The fourth-order valence-corrected chi connectivity index (χ4v) is 5.25. The minimum Gasteiger partial charge on any atom is -0.369 e. The summed E-state index contributed by atoms with van der Waals surface area (Å²) < 4.78 is 43.0. The smallest absolute Gasteiger partial charge is 0.252 e. The molecule has 4 N–H and O–H groups in total. The van der Waals surface area contributed by atoms with Crippen LogP contribution in [0.5, 0.6) is 0 Å². The highest BCUT2D eigenvalue weighted by molar-refractivity contribution is 6.36. The van der Waals surface area contributed by atoms with Crippen LogP contribution >= 0.6 is 23.2 Å². The standard InChI is InChI=1S/C22H22Cl2F3N7O/c23-11-5-14(24)17(15(25)6-11)32-21-31-16-9-29-20(30-12-7-22(26,27)8-12)33-19(16)34(21)13-3-1-10(2-4-13)18(28)35/h5-6,9-10,12-13H,1-4,7-8H2,(H2,28,35)(H,31,32)(H,29,30,33)/t10-,13+. The third-order valence-corrected chi connectivity index (χ3v) is 7.08. The van der Waals surface area contributed by atoms with Gasteiger partial charge in [0.15, 0.2) is 5.65 Å². The number of benzene rings is 1. The number of rotatable bonds is 6. The Labute approximate surface area is 208 Å². The van der Waals surface area contributed by atoms with Gasteiger partial charge in [-0.1, -0.05) is 23.2 Å². The van der Waals surface area contributed by atoms with Crippen molar-refractivity contribution < 1.29 is 18.0 Å². The van der Waals surface area contributed by atoms with Crippen molar-refractivity contribution in [2.24, 2.45) is 11.7 Å². The van der Waals surface area contributed by atoms with E-state index in [4.69, 9.17) is 28.9 Å². The van der Waals surface area contributed by atoms with Crippen LogP contribution in [0.1, 0.15) is 44.6 Å². The molecule has 35 heavy (non-hydrogen) atoms. The number of halogens is 5. The van der Waals surface area contributed by atoms with Gasteiger partial charge in [-0.2, -0.15) is 4.98 Å². The molecule has 2 aliphatic rings. The van der Waals surface area contributed by atoms with Gasteiger partial charge in [-0.15, -0.1) is 0 Å². The fraction of sp³-hybridized carbons (Fsp3) is 0.455. The molecular formula is C22H22Cl2F3N7O. The van der Waals surface area contributed by atoms with Gasteiger partial charge in [-0.25, -0.2) is 23.1 Å². The minimum absolute atomic E-state index is 0.00134. The Morgan fingerprint density at radius 2 is 1.86 bits per heavy atom. The number of amides is 1. The molecule has 0 bridgehead atoms. The maximum Gasteiger partial charge on any atom is 0.252 e. The number of nitrogens with two attached hydrogens (primary N) is 1. The van der Waals surface area contributed by atoms with E-state index in [9.17, 15) is 18.0 Å². The van der Waals surface area contributed by atoms with E-state index >= 15 is 0 Å². The Kier molecular flexibility index (Phi) is 6.16. The van der Waals surface area contributed by atoms with Gasteiger partial charge in [0.1, 0.15) is 11.3 Å². The molecule has 0 saturated heterocycles. The molecule has 1 aromatic carbocycles. The first-order valence-electron chi connectivity index (χ1n) is 11.2. The lowest BCUT2D eigenvalue weighted by molar-refractivity contribution is -0.122. The van der Waals surface area contributed by atoms with E-state index in [-0.39, 0.29) is 58.3 Å². The molecule has 0 radical (unpaired) electrons. The lowest BCUT2D eigenvalue weighted by Gasteiger charge is -2.35. The van der Waals surface area contributed by atoms with Gasteiger partial charge >= 0.3 is 0 Å². The number of anilines is 3. The summed E-state index contributed by atoms with van der Waals surface area (Å²) in [5.74, 6) is -3.40. The van der Waals surface area contributed by atoms with Crippen LogP contribution in [-0.2, 0) is 4.79 Å². The maximum atomic E-state index is 14.7. The molecule has 2 saturated carbocycles. The maximum absolute atomic E-state index is 14.7. The molecule has 1 amide bonds. The van der Waals surface area contributed by atoms with Crippen LogP contribution < -0.4 is 16.4 Å². The lowest BCUT2D eigenvalue weighted by Crippen LogP contribution is -2.44. The topological polar surface area (TPSA) is 111 Å². The van der Waals surface area contributed by atoms with E-state index in [2.05, 4.69) is 25.6 Å². The minimum atomic E-state index is -2.68. The molecule has 0 atom stereocenters. The molecule has 2 fully saturated rings. The Morgan fingerprint density at radius 1 is 1.14 bits per heavy atom. The zero-order chi connectivity index (χ0) is 24.9. The number of hydrogen-bond donors (Lipinski definition) is 3. The second-order valence-electron chi connectivity index (χ2n) is 9.09. The first-order valence-corrected chi connectivity index (χ1v) is 12.0. The van der Waals surface area contributed by atoms with Crippen molar-refractivity contribution in [1.82, 2.24) is 19.5 Å². The van der Waals surface area contributed by atoms with Crippen LogP contribution in [0.15, 0.2) is 18.3 Å². The summed E-state index contributed by atoms with van der Waals surface area (Å²) in [4.78, 5) is 25.0. The summed E-state index contributed by atoms with van der Waals surface area (Å²) in [6, 6.07) is 2.00. The van der Waals surface area contributed by atoms with Crippen molar-refractivity contribution >= 4 is 57.9 Å². The average molecular weight is 528 g/mol. The number of nitrogens with one attached hydrogen (secondary N) is 2. The summed E-state index contributed by atoms with van der Waals surface area (Å²) in [7, 11) is 0. The molecule has 0 spiro atoms. The molecule has 3 aromatic rings. The molecule has 8 nitrogen and oxygen atoms in total. The largest absolute Gasteiger partial charge is 0.369 e. The van der Waals surface area contributed by atoms with E-state index < -0.39 is 17.8 Å². The van der Waals surface area contributed by atoms with Crippen molar-refractivity contribution in [3.05, 3.63) is 34.2 Å². The van der Waals surface area contributed by atoms with E-state index in [0.717, 1.165) is 6.07 Å². The van der Waals surface area contributed by atoms with Gasteiger partial charge in [0, 0.05) is 35.9 Å². The number of carbonyl (C=O) groups is 1. The Bertz CT molecular complexity index is 1260. The second-order valence-corrected chi connectivity index (χ2v) is 9.93. The molecular weight excluding hydrogens is 506 g/mol. The number of nitrogens with zero attached hydrogens (tertiary/aromatic N) is 4. The van der Waals surface area contributed by atoms with Gasteiger partial charge in [-0.05, 0) is 37.8 Å². The number of primary amides is 1. The van der Waals surface area contributed by atoms with Crippen molar-refractivity contribution in [2.75, 3.05) is 10.6 Å². The number of hydrogen-bond acceptors (Lipinski definition) is 6. The van der Waals surface area contributed by atoms with Gasteiger partial charge in [-0.3, -0.25) is 9.36 Å². The molecule has 2 aromatic heterocycles. The van der Waals surface area contributed by atoms with E-state index in [0.29, 0.717) is 36.8 Å². The van der Waals surface area contributed by atoms with Crippen LogP contribution in [0.3, 0.4) is 0 Å². The molecule has 0 unspecified atom stereocenters. The quantitative estimate of drug-likeness (QED) is 0.393. The predicted molar refractivity (Wildman–Crippen MR) is 127 cm³/mol. The summed E-state index contributed by atoms with van der Waals surface area (Å²) in [5.41, 5.74) is 6.36. The molecule has 2 aliphatic carbocycles. The van der Waals surface area contributed by atoms with Crippen LogP contribution in [0.2, 0.25) is 10.0 Å². The Hall–Kier alpha value is -2.79. The van der Waals surface area contributed by atoms with Crippen LogP contribution in [0, 0.1) is 11.7 Å². The number of carbonyl (C=O) groups excluding carboxylic acids is 1. The van der Waals surface area contributed by atoms with E-state index in [1.165, 1.54) is 12.3 Å². The summed E-state index contributed by atoms with van der Waals surface area (Å²) >= 11 is 12.1. The van der Waals surface area contributed by atoms with Gasteiger partial charge < -0.3 is 16.4 Å². The third-order valence-electron chi connectivity index (χ3n) is 6.56. The van der Waals surface area contributed by atoms with Gasteiger partial charge in [0.2, 0.25) is 17.8 Å². The fourth-order valence-electron chi connectivity index (χ4n) is 4.73. The number of alkyl halides is 2. The Balaban J connectivity index is 1.51. The van der Waals surface area contributed by atoms with Crippen molar-refractivity contribution in [1.29, 1.82) is 0 Å². The first kappa shape index (κ1) is 23.9. The molecule has 5 rings (SSSR count). The highest BCUT2D eigenvalue weighted by atomic mass is 35.5. The highest BCUT2D eigenvalue weighted by Crippen LogP contribution is 2.40. The predicted octanol–water partition coefficient (Wildman–Crippen LogP) is 5.44. The van der Waals surface area contributed by atoms with Crippen LogP contribution in [0.4, 0.5) is 30.8 Å². The van der Waals surface area contributed by atoms with Gasteiger partial charge in [0.25, 0.3) is 5.92 Å². The summed E-state index contributed by atoms with van der Waals surface area (Å²) in [6.45, 7) is 0. The normalized spacial score (nSPS) is 22.1. The van der Waals surface area contributed by atoms with Crippen molar-refractivity contribution in [2.45, 2.75) is 56.5 Å². The summed E-state index contributed by atoms with van der Waals surface area (Å²) in [6.07, 6.45) is 3.32. The van der Waals surface area contributed by atoms with Crippen molar-refractivity contribution in [3.8, 4) is 0 Å². The van der Waals surface area contributed by atoms with Gasteiger partial charge in [0.05, 0.1) is 16.9 Å². The van der Waals surface area contributed by atoms with Crippen molar-refractivity contribution in [3.63, 3.8) is 0 Å². The number of fused-ring (bicyclic) bond motifs is 1. The molecule has 2 heterocycles. The van der Waals surface area contributed by atoms with Crippen LogP contribution in [-0.4, -0.2) is 37.4 Å².